The lowest BCUT2D eigenvalue weighted by Crippen LogP contribution is -2.53. The van der Waals surface area contributed by atoms with Crippen molar-refractivity contribution in [3.63, 3.8) is 0 Å². The predicted octanol–water partition coefficient (Wildman–Crippen LogP) is 1.08. The maximum atomic E-state index is 13.6. The molecule has 5 nitrogen and oxygen atoms in total. The number of nitrogens with zero attached hydrogens (tertiary/aromatic N) is 1. The Labute approximate surface area is 124 Å². The molecule has 1 heterocycles. The quantitative estimate of drug-likeness (QED) is 0.573. The Balaban J connectivity index is 2.15. The van der Waals surface area contributed by atoms with Crippen molar-refractivity contribution in [1.82, 2.24) is 4.90 Å². The summed E-state index contributed by atoms with van der Waals surface area (Å²) in [4.78, 5) is 2.11. The van der Waals surface area contributed by atoms with E-state index in [0.717, 1.165) is 5.56 Å². The first-order valence-corrected chi connectivity index (χ1v) is 6.94. The fraction of sp³-hybridized carbons (Fsp3) is 0.533. The first-order valence-electron chi connectivity index (χ1n) is 6.94. The summed E-state index contributed by atoms with van der Waals surface area (Å²) in [6.45, 7) is 5.70. The number of amidine groups is 1. The molecule has 1 unspecified atom stereocenters. The monoisotopic (exact) mass is 295 g/mol. The second-order valence-corrected chi connectivity index (χ2v) is 6.11. The zero-order valence-corrected chi connectivity index (χ0v) is 12.4. The second kappa shape index (κ2) is 6.09. The predicted molar refractivity (Wildman–Crippen MR) is 78.7 cm³/mol. The molecular formula is C15H22FN3O2. The van der Waals surface area contributed by atoms with Crippen LogP contribution in [0.5, 0.6) is 0 Å². The van der Waals surface area contributed by atoms with Gasteiger partial charge in [0.1, 0.15) is 11.7 Å². The number of aliphatic hydroxyl groups is 1. The van der Waals surface area contributed by atoms with Gasteiger partial charge in [-0.15, -0.1) is 0 Å². The Kier molecular flexibility index (Phi) is 4.61. The smallest absolute Gasteiger partial charge is 0.124 e. The molecule has 21 heavy (non-hydrogen) atoms. The van der Waals surface area contributed by atoms with Crippen molar-refractivity contribution in [3.05, 3.63) is 35.1 Å². The molecule has 6 heteroatoms. The number of nitrogens with one attached hydrogen (secondary N) is 1. The maximum Gasteiger partial charge on any atom is 0.124 e. The summed E-state index contributed by atoms with van der Waals surface area (Å²) < 4.78 is 19.4. The molecule has 1 atom stereocenters. The van der Waals surface area contributed by atoms with Crippen LogP contribution in [-0.2, 0) is 11.3 Å². The first kappa shape index (κ1) is 15.9. The summed E-state index contributed by atoms with van der Waals surface area (Å²) in [6.07, 6.45) is -0.241. The van der Waals surface area contributed by atoms with Crippen LogP contribution in [0, 0.1) is 11.2 Å². The number of aliphatic hydroxyl groups excluding tert-OH is 1. The molecule has 1 aliphatic rings. The van der Waals surface area contributed by atoms with E-state index in [2.05, 4.69) is 4.90 Å². The third-order valence-electron chi connectivity index (χ3n) is 3.43. The van der Waals surface area contributed by atoms with Crippen molar-refractivity contribution in [2.24, 2.45) is 5.73 Å². The number of hydrogen-bond acceptors (Lipinski definition) is 4. The molecule has 0 amide bonds. The lowest BCUT2D eigenvalue weighted by molar-refractivity contribution is -0.150. The van der Waals surface area contributed by atoms with Gasteiger partial charge in [0.05, 0.1) is 18.3 Å². The van der Waals surface area contributed by atoms with Crippen molar-refractivity contribution in [2.45, 2.75) is 32.1 Å². The van der Waals surface area contributed by atoms with Crippen LogP contribution in [-0.4, -0.2) is 47.2 Å². The Morgan fingerprint density at radius 1 is 1.52 bits per heavy atom. The highest BCUT2D eigenvalue weighted by Gasteiger charge is 2.32. The van der Waals surface area contributed by atoms with E-state index in [1.165, 1.54) is 12.1 Å². The molecule has 1 aromatic rings. The average Bonchev–Trinajstić information content (AvgIpc) is 2.35. The van der Waals surface area contributed by atoms with Crippen LogP contribution in [0.1, 0.15) is 25.0 Å². The normalized spacial score (nSPS) is 22.2. The van der Waals surface area contributed by atoms with Gasteiger partial charge in [0, 0.05) is 25.2 Å². The van der Waals surface area contributed by atoms with E-state index in [0.29, 0.717) is 25.2 Å². The molecular weight excluding hydrogens is 273 g/mol. The number of rotatable bonds is 4. The lowest BCUT2D eigenvalue weighted by Gasteiger charge is -2.42. The van der Waals surface area contributed by atoms with Gasteiger partial charge in [-0.25, -0.2) is 4.39 Å². The van der Waals surface area contributed by atoms with Gasteiger partial charge in [0.2, 0.25) is 0 Å². The fourth-order valence-electron chi connectivity index (χ4n) is 2.79. The SMILES string of the molecule is CC1(C)CN(Cc2cc(F)cc(C(=N)N)c2)CC(CO)O1. The number of benzene rings is 1. The van der Waals surface area contributed by atoms with Crippen LogP contribution in [0.25, 0.3) is 0 Å². The number of nitrogens with two attached hydrogens (primary N) is 1. The highest BCUT2D eigenvalue weighted by Crippen LogP contribution is 2.23. The van der Waals surface area contributed by atoms with Crippen molar-refractivity contribution in [3.8, 4) is 0 Å². The number of halogens is 1. The minimum absolute atomic E-state index is 0.0399. The van der Waals surface area contributed by atoms with E-state index in [1.54, 1.807) is 6.07 Å². The van der Waals surface area contributed by atoms with Crippen molar-refractivity contribution >= 4 is 5.84 Å². The molecule has 4 N–H and O–H groups in total. The third-order valence-corrected chi connectivity index (χ3v) is 3.43. The molecule has 1 aliphatic heterocycles. The van der Waals surface area contributed by atoms with Crippen LogP contribution in [0.15, 0.2) is 18.2 Å². The third kappa shape index (κ3) is 4.23. The number of hydrogen-bond donors (Lipinski definition) is 3. The molecule has 1 aromatic carbocycles. The van der Waals surface area contributed by atoms with Gasteiger partial charge in [-0.2, -0.15) is 0 Å². The van der Waals surface area contributed by atoms with Crippen LogP contribution in [0.4, 0.5) is 4.39 Å². The van der Waals surface area contributed by atoms with Crippen LogP contribution in [0.2, 0.25) is 0 Å². The minimum Gasteiger partial charge on any atom is -0.394 e. The molecule has 1 saturated heterocycles. The maximum absolute atomic E-state index is 13.6. The minimum atomic E-state index is -0.399. The molecule has 0 saturated carbocycles. The van der Waals surface area contributed by atoms with Crippen LogP contribution < -0.4 is 5.73 Å². The van der Waals surface area contributed by atoms with E-state index < -0.39 is 5.82 Å². The van der Waals surface area contributed by atoms with Gasteiger partial charge in [-0.1, -0.05) is 0 Å². The van der Waals surface area contributed by atoms with E-state index in [-0.39, 0.29) is 24.1 Å². The van der Waals surface area contributed by atoms with Crippen molar-refractivity contribution < 1.29 is 14.2 Å². The van der Waals surface area contributed by atoms with E-state index in [1.807, 2.05) is 13.8 Å². The van der Waals surface area contributed by atoms with Crippen LogP contribution in [0.3, 0.4) is 0 Å². The molecule has 1 fully saturated rings. The molecule has 116 valence electrons. The zero-order valence-electron chi connectivity index (χ0n) is 12.4. The summed E-state index contributed by atoms with van der Waals surface area (Å²) in [5, 5.41) is 16.7. The zero-order chi connectivity index (χ0) is 15.6. The highest BCUT2D eigenvalue weighted by molar-refractivity contribution is 5.95. The summed E-state index contributed by atoms with van der Waals surface area (Å²) >= 11 is 0. The Bertz CT molecular complexity index is 534. The van der Waals surface area contributed by atoms with Gasteiger partial charge in [-0.3, -0.25) is 10.3 Å². The largest absolute Gasteiger partial charge is 0.394 e. The van der Waals surface area contributed by atoms with Gasteiger partial charge in [-0.05, 0) is 37.6 Å². The molecule has 0 bridgehead atoms. The fourth-order valence-corrected chi connectivity index (χ4v) is 2.79. The van der Waals surface area contributed by atoms with Gasteiger partial charge < -0.3 is 15.6 Å². The van der Waals surface area contributed by atoms with Gasteiger partial charge >= 0.3 is 0 Å². The lowest BCUT2D eigenvalue weighted by atomic mass is 10.0. The second-order valence-electron chi connectivity index (χ2n) is 6.11. The number of nitrogen functional groups attached to an aromatic ring is 1. The Morgan fingerprint density at radius 2 is 2.24 bits per heavy atom. The van der Waals surface area contributed by atoms with Crippen LogP contribution >= 0.6 is 0 Å². The van der Waals surface area contributed by atoms with E-state index in [4.69, 9.17) is 15.9 Å². The Hall–Kier alpha value is -1.50. The number of morpholine rings is 1. The standard InChI is InChI=1S/C15H22FN3O2/c1-15(2)9-19(7-13(8-20)21-15)6-10-3-11(14(17)18)5-12(16)4-10/h3-5,13,20H,6-9H2,1-2H3,(H3,17,18). The van der Waals surface area contributed by atoms with Crippen molar-refractivity contribution in [2.75, 3.05) is 19.7 Å². The summed E-state index contributed by atoms with van der Waals surface area (Å²) in [6, 6.07) is 4.43. The van der Waals surface area contributed by atoms with Crippen molar-refractivity contribution in [1.29, 1.82) is 5.41 Å². The highest BCUT2D eigenvalue weighted by atomic mass is 19.1. The Morgan fingerprint density at radius 3 is 2.86 bits per heavy atom. The number of ether oxygens (including phenoxy) is 1. The van der Waals surface area contributed by atoms with Gasteiger partial charge in [0.25, 0.3) is 0 Å². The molecule has 0 aromatic heterocycles. The molecule has 0 spiro atoms. The first-order chi connectivity index (χ1) is 9.79. The summed E-state index contributed by atoms with van der Waals surface area (Å²) in [5.41, 5.74) is 6.21. The molecule has 0 radical (unpaired) electrons. The molecule has 0 aliphatic carbocycles. The molecule has 2 rings (SSSR count). The van der Waals surface area contributed by atoms with Gasteiger partial charge in [0.15, 0.2) is 0 Å². The topological polar surface area (TPSA) is 82.6 Å². The average molecular weight is 295 g/mol. The van der Waals surface area contributed by atoms with E-state index in [9.17, 15) is 9.50 Å². The van der Waals surface area contributed by atoms with E-state index >= 15 is 0 Å². The summed E-state index contributed by atoms with van der Waals surface area (Å²) in [5.74, 6) is -0.546. The summed E-state index contributed by atoms with van der Waals surface area (Å²) in [7, 11) is 0.